The molecule has 3 rings (SSSR count). The van der Waals surface area contributed by atoms with Crippen molar-refractivity contribution in [2.75, 3.05) is 0 Å². The Labute approximate surface area is 122 Å². The quantitative estimate of drug-likeness (QED) is 0.888. The van der Waals surface area contributed by atoms with Crippen LogP contribution in [0.15, 0.2) is 29.1 Å². The van der Waals surface area contributed by atoms with Crippen molar-refractivity contribution >= 4 is 16.8 Å². The van der Waals surface area contributed by atoms with Gasteiger partial charge in [0.25, 0.3) is 5.91 Å². The summed E-state index contributed by atoms with van der Waals surface area (Å²) in [6.45, 7) is 2.19. The number of aromatic amines is 1. The van der Waals surface area contributed by atoms with Crippen LogP contribution in [0.4, 0.5) is 0 Å². The summed E-state index contributed by atoms with van der Waals surface area (Å²) in [4.78, 5) is 24.6. The van der Waals surface area contributed by atoms with E-state index in [4.69, 9.17) is 0 Å². The maximum atomic E-state index is 12.3. The van der Waals surface area contributed by atoms with E-state index in [9.17, 15) is 9.59 Å². The van der Waals surface area contributed by atoms with Crippen LogP contribution in [0, 0.1) is 5.92 Å². The molecule has 2 N–H and O–H groups in total. The number of carbonyl (C=O) groups is 1. The summed E-state index contributed by atoms with van der Waals surface area (Å²) in [5, 5.41) is 10.2. The van der Waals surface area contributed by atoms with Gasteiger partial charge in [-0.3, -0.25) is 14.7 Å². The van der Waals surface area contributed by atoms with Gasteiger partial charge in [-0.2, -0.15) is 5.10 Å². The van der Waals surface area contributed by atoms with Gasteiger partial charge in [0.15, 0.2) is 5.69 Å². The van der Waals surface area contributed by atoms with Crippen molar-refractivity contribution in [3.63, 3.8) is 0 Å². The second kappa shape index (κ2) is 5.68. The highest BCUT2D eigenvalue weighted by Gasteiger charge is 2.23. The minimum atomic E-state index is -0.374. The molecule has 1 fully saturated rings. The van der Waals surface area contributed by atoms with Crippen molar-refractivity contribution in [2.45, 2.75) is 38.6 Å². The molecule has 2 aromatic rings. The Bertz CT molecular complexity index is 723. The van der Waals surface area contributed by atoms with E-state index in [1.165, 1.54) is 6.42 Å². The minimum Gasteiger partial charge on any atom is -0.348 e. The number of hydrogen-bond donors (Lipinski definition) is 2. The summed E-state index contributed by atoms with van der Waals surface area (Å²) in [6, 6.07) is 7.23. The molecule has 5 heteroatoms. The monoisotopic (exact) mass is 285 g/mol. The van der Waals surface area contributed by atoms with Crippen molar-refractivity contribution in [1.29, 1.82) is 0 Å². The van der Waals surface area contributed by atoms with E-state index in [1.807, 2.05) is 6.07 Å². The third-order valence-electron chi connectivity index (χ3n) is 4.16. The Morgan fingerprint density at radius 1 is 1.33 bits per heavy atom. The maximum absolute atomic E-state index is 12.3. The smallest absolute Gasteiger partial charge is 0.276 e. The van der Waals surface area contributed by atoms with Crippen LogP contribution in [0.5, 0.6) is 0 Å². The first-order valence-electron chi connectivity index (χ1n) is 7.43. The zero-order chi connectivity index (χ0) is 14.8. The summed E-state index contributed by atoms with van der Waals surface area (Å²) in [5.74, 6) is 0.244. The minimum absolute atomic E-state index is 0.0491. The van der Waals surface area contributed by atoms with Gasteiger partial charge < -0.3 is 5.32 Å². The average Bonchev–Trinajstić information content (AvgIpc) is 2.48. The number of nitrogens with one attached hydrogen (secondary N) is 2. The first-order valence-corrected chi connectivity index (χ1v) is 7.43. The van der Waals surface area contributed by atoms with Crippen LogP contribution in [-0.2, 0) is 0 Å². The Kier molecular flexibility index (Phi) is 3.73. The first-order chi connectivity index (χ1) is 10.1. The Hall–Kier alpha value is -2.17. The average molecular weight is 285 g/mol. The topological polar surface area (TPSA) is 74.8 Å². The molecule has 2 unspecified atom stereocenters. The molecule has 110 valence electrons. The van der Waals surface area contributed by atoms with Crippen LogP contribution in [0.2, 0.25) is 0 Å². The molecule has 1 aliphatic carbocycles. The number of para-hydroxylation sites is 1. The van der Waals surface area contributed by atoms with Gasteiger partial charge in [0.1, 0.15) is 0 Å². The zero-order valence-corrected chi connectivity index (χ0v) is 12.1. The van der Waals surface area contributed by atoms with Crippen LogP contribution >= 0.6 is 0 Å². The fourth-order valence-corrected chi connectivity index (χ4v) is 3.05. The lowest BCUT2D eigenvalue weighted by Crippen LogP contribution is -2.40. The van der Waals surface area contributed by atoms with Crippen LogP contribution in [0.3, 0.4) is 0 Å². The lowest BCUT2D eigenvalue weighted by molar-refractivity contribution is 0.0914. The van der Waals surface area contributed by atoms with Gasteiger partial charge in [0.2, 0.25) is 5.43 Å². The molecule has 1 amide bonds. The number of amides is 1. The Morgan fingerprint density at radius 3 is 2.95 bits per heavy atom. The van der Waals surface area contributed by atoms with Gasteiger partial charge in [-0.15, -0.1) is 0 Å². The van der Waals surface area contributed by atoms with Gasteiger partial charge in [-0.05, 0) is 30.9 Å². The second-order valence-electron chi connectivity index (χ2n) is 5.89. The number of benzene rings is 1. The fraction of sp³-hybridized carbons (Fsp3) is 0.438. The van der Waals surface area contributed by atoms with Crippen molar-refractivity contribution in [3.05, 3.63) is 40.2 Å². The molecule has 1 aliphatic rings. The van der Waals surface area contributed by atoms with Crippen molar-refractivity contribution in [3.8, 4) is 0 Å². The molecule has 2 atom stereocenters. The summed E-state index contributed by atoms with van der Waals surface area (Å²) in [6.07, 6.45) is 4.27. The number of H-pyrrole nitrogens is 1. The molecular weight excluding hydrogens is 266 g/mol. The molecule has 0 saturated heterocycles. The third-order valence-corrected chi connectivity index (χ3v) is 4.16. The van der Waals surface area contributed by atoms with Crippen molar-refractivity contribution in [2.24, 2.45) is 5.92 Å². The molecule has 21 heavy (non-hydrogen) atoms. The van der Waals surface area contributed by atoms with E-state index < -0.39 is 0 Å². The van der Waals surface area contributed by atoms with Gasteiger partial charge >= 0.3 is 0 Å². The molecule has 1 heterocycles. The fourth-order valence-electron chi connectivity index (χ4n) is 3.05. The van der Waals surface area contributed by atoms with Crippen molar-refractivity contribution < 1.29 is 4.79 Å². The van der Waals surface area contributed by atoms with E-state index in [-0.39, 0.29) is 23.1 Å². The molecule has 0 spiro atoms. The van der Waals surface area contributed by atoms with Gasteiger partial charge in [-0.1, -0.05) is 31.9 Å². The highest BCUT2D eigenvalue weighted by atomic mass is 16.2. The number of nitrogens with zero attached hydrogens (tertiary/aromatic N) is 1. The predicted molar refractivity (Wildman–Crippen MR) is 81.2 cm³/mol. The Morgan fingerprint density at radius 2 is 2.14 bits per heavy atom. The number of hydrogen-bond acceptors (Lipinski definition) is 3. The number of carbonyl (C=O) groups excluding carboxylic acids is 1. The van der Waals surface area contributed by atoms with Crippen LogP contribution < -0.4 is 10.7 Å². The van der Waals surface area contributed by atoms with Gasteiger partial charge in [-0.25, -0.2) is 0 Å². The summed E-state index contributed by atoms with van der Waals surface area (Å²) in [7, 11) is 0. The highest BCUT2D eigenvalue weighted by molar-refractivity contribution is 5.95. The molecule has 0 aliphatic heterocycles. The van der Waals surface area contributed by atoms with E-state index in [0.29, 0.717) is 16.8 Å². The van der Waals surface area contributed by atoms with Gasteiger partial charge in [0.05, 0.1) is 5.52 Å². The number of aromatic nitrogens is 2. The van der Waals surface area contributed by atoms with Crippen molar-refractivity contribution in [1.82, 2.24) is 15.5 Å². The standard InChI is InChI=1S/C16H19N3O2/c1-10-5-4-6-11(9-10)17-16(21)14-15(20)12-7-2-3-8-13(12)18-19-14/h2-3,7-8,10-11H,4-6,9H2,1H3,(H,17,21)(H,18,20). The van der Waals surface area contributed by atoms with Gasteiger partial charge in [0, 0.05) is 11.4 Å². The molecule has 1 aromatic heterocycles. The van der Waals surface area contributed by atoms with Crippen LogP contribution in [0.25, 0.3) is 10.9 Å². The largest absolute Gasteiger partial charge is 0.348 e. The number of rotatable bonds is 2. The third kappa shape index (κ3) is 2.82. The lowest BCUT2D eigenvalue weighted by Gasteiger charge is -2.27. The molecule has 5 nitrogen and oxygen atoms in total. The van der Waals surface area contributed by atoms with Crippen LogP contribution in [0.1, 0.15) is 43.1 Å². The van der Waals surface area contributed by atoms with E-state index in [2.05, 4.69) is 22.4 Å². The normalized spacial score (nSPS) is 22.1. The molecule has 1 aromatic carbocycles. The molecular formula is C16H19N3O2. The van der Waals surface area contributed by atoms with E-state index >= 15 is 0 Å². The van der Waals surface area contributed by atoms with Crippen LogP contribution in [-0.4, -0.2) is 22.1 Å². The molecule has 0 radical (unpaired) electrons. The first kappa shape index (κ1) is 13.8. The summed E-state index contributed by atoms with van der Waals surface area (Å²) >= 11 is 0. The molecule has 1 saturated carbocycles. The second-order valence-corrected chi connectivity index (χ2v) is 5.89. The summed E-state index contributed by atoms with van der Waals surface area (Å²) < 4.78 is 0. The number of fused-ring (bicyclic) bond motifs is 1. The maximum Gasteiger partial charge on any atom is 0.276 e. The SMILES string of the molecule is CC1CCCC(NC(=O)c2n[nH]c3ccccc3c2=O)C1. The Balaban J connectivity index is 1.84. The lowest BCUT2D eigenvalue weighted by atomic mass is 9.87. The van der Waals surface area contributed by atoms with E-state index in [1.54, 1.807) is 18.2 Å². The zero-order valence-electron chi connectivity index (χ0n) is 12.1. The molecule has 0 bridgehead atoms. The van der Waals surface area contributed by atoms with E-state index in [0.717, 1.165) is 19.3 Å². The highest BCUT2D eigenvalue weighted by Crippen LogP contribution is 2.23. The predicted octanol–water partition coefficient (Wildman–Crippen LogP) is 2.23. The summed E-state index contributed by atoms with van der Waals surface area (Å²) in [5.41, 5.74) is 0.281.